The molecule has 1 unspecified atom stereocenters. The Labute approximate surface area is 463 Å². The van der Waals surface area contributed by atoms with Gasteiger partial charge in [-0.25, -0.2) is 0 Å². The van der Waals surface area contributed by atoms with E-state index in [4.69, 9.17) is 14.2 Å². The second-order valence-corrected chi connectivity index (χ2v) is 24.2. The van der Waals surface area contributed by atoms with Crippen molar-refractivity contribution >= 4 is 17.9 Å². The second kappa shape index (κ2) is 60.6. The Morgan fingerprint density at radius 1 is 0.284 bits per heavy atom. The zero-order valence-corrected chi connectivity index (χ0v) is 51.0. The van der Waals surface area contributed by atoms with Crippen molar-refractivity contribution in [3.63, 3.8) is 0 Å². The maximum Gasteiger partial charge on any atom is 0.306 e. The summed E-state index contributed by atoms with van der Waals surface area (Å²) in [6, 6.07) is 0. The average Bonchev–Trinajstić information content (AvgIpc) is 3.39. The van der Waals surface area contributed by atoms with E-state index in [1.807, 2.05) is 0 Å². The standard InChI is InChI=1S/C68H132O6/c1-6-8-9-10-11-12-13-14-15-18-22-28-33-38-43-48-53-58-66(69)72-61-65(62-73-67(70)59-54-49-44-39-34-29-25-24-26-31-36-41-46-51-56-63(3)4)74-68(71)60-55-50-45-40-35-30-23-20-17-16-19-21-27-32-37-42-47-52-57-64(5)7-2/h63-65H,6-62H2,1-5H3/t64?,65-/m1/s1. The molecule has 0 aliphatic rings. The number of unbranched alkanes of at least 4 members (excludes halogenated alkanes) is 46. The summed E-state index contributed by atoms with van der Waals surface area (Å²) < 4.78 is 17.0. The van der Waals surface area contributed by atoms with Crippen LogP contribution in [0.1, 0.15) is 388 Å². The van der Waals surface area contributed by atoms with Crippen LogP contribution in [0.2, 0.25) is 0 Å². The smallest absolute Gasteiger partial charge is 0.306 e. The Balaban J connectivity index is 4.28. The van der Waals surface area contributed by atoms with Gasteiger partial charge in [0.25, 0.3) is 0 Å². The minimum Gasteiger partial charge on any atom is -0.462 e. The van der Waals surface area contributed by atoms with Gasteiger partial charge in [0.15, 0.2) is 6.10 Å². The highest BCUT2D eigenvalue weighted by Crippen LogP contribution is 2.20. The molecule has 0 fully saturated rings. The normalized spacial score (nSPS) is 12.4. The summed E-state index contributed by atoms with van der Waals surface area (Å²) >= 11 is 0. The van der Waals surface area contributed by atoms with Gasteiger partial charge in [-0.05, 0) is 31.1 Å². The molecule has 0 bridgehead atoms. The van der Waals surface area contributed by atoms with Crippen molar-refractivity contribution in [2.24, 2.45) is 11.8 Å². The SMILES string of the molecule is CCCCCCCCCCCCCCCCCCCC(=O)OC[C@H](COC(=O)CCCCCCCCCCCCCCCCC(C)C)OC(=O)CCCCCCCCCCCCCCCCCCCCC(C)CC. The van der Waals surface area contributed by atoms with Gasteiger partial charge in [0.05, 0.1) is 0 Å². The lowest BCUT2D eigenvalue weighted by Gasteiger charge is -2.18. The molecular formula is C68H132O6. The van der Waals surface area contributed by atoms with Crippen LogP contribution in [0.25, 0.3) is 0 Å². The first-order valence-electron chi connectivity index (χ1n) is 33.8. The van der Waals surface area contributed by atoms with Gasteiger partial charge in [-0.15, -0.1) is 0 Å². The number of carbonyl (C=O) groups is 3. The number of ether oxygens (including phenoxy) is 3. The number of hydrogen-bond donors (Lipinski definition) is 0. The Bertz CT molecular complexity index is 1140. The van der Waals surface area contributed by atoms with Crippen LogP contribution < -0.4 is 0 Å². The Morgan fingerprint density at radius 2 is 0.514 bits per heavy atom. The zero-order valence-electron chi connectivity index (χ0n) is 51.0. The van der Waals surface area contributed by atoms with Crippen LogP contribution in [0.3, 0.4) is 0 Å². The molecule has 0 aliphatic carbocycles. The molecule has 2 atom stereocenters. The van der Waals surface area contributed by atoms with E-state index in [-0.39, 0.29) is 31.1 Å². The van der Waals surface area contributed by atoms with Crippen LogP contribution >= 0.6 is 0 Å². The molecule has 0 aromatic carbocycles. The van der Waals surface area contributed by atoms with Crippen LogP contribution in [0.15, 0.2) is 0 Å². The van der Waals surface area contributed by atoms with Crippen molar-refractivity contribution in [3.05, 3.63) is 0 Å². The third-order valence-electron chi connectivity index (χ3n) is 16.1. The topological polar surface area (TPSA) is 78.9 Å². The highest BCUT2D eigenvalue weighted by molar-refractivity contribution is 5.71. The third kappa shape index (κ3) is 59.7. The molecule has 0 aromatic rings. The van der Waals surface area contributed by atoms with E-state index in [0.717, 1.165) is 69.6 Å². The number of esters is 3. The molecule has 0 saturated heterocycles. The van der Waals surface area contributed by atoms with E-state index in [2.05, 4.69) is 34.6 Å². The number of carbonyl (C=O) groups excluding carboxylic acids is 3. The van der Waals surface area contributed by atoms with E-state index in [1.54, 1.807) is 0 Å². The minimum absolute atomic E-state index is 0.0614. The lowest BCUT2D eigenvalue weighted by atomic mass is 9.99. The fourth-order valence-electron chi connectivity index (χ4n) is 10.6. The summed E-state index contributed by atoms with van der Waals surface area (Å²) in [6.45, 7) is 11.5. The van der Waals surface area contributed by atoms with Crippen molar-refractivity contribution in [2.45, 2.75) is 394 Å². The molecule has 0 spiro atoms. The van der Waals surface area contributed by atoms with Gasteiger partial charge >= 0.3 is 17.9 Å². The lowest BCUT2D eigenvalue weighted by molar-refractivity contribution is -0.167. The summed E-state index contributed by atoms with van der Waals surface area (Å²) in [6.07, 6.45) is 68.2. The molecule has 6 heteroatoms. The van der Waals surface area contributed by atoms with Crippen molar-refractivity contribution in [3.8, 4) is 0 Å². The molecule has 0 amide bonds. The molecular weight excluding hydrogens is 913 g/mol. The predicted molar refractivity (Wildman–Crippen MR) is 321 cm³/mol. The van der Waals surface area contributed by atoms with Crippen molar-refractivity contribution in [1.82, 2.24) is 0 Å². The first kappa shape index (κ1) is 72.4. The monoisotopic (exact) mass is 1050 g/mol. The molecule has 0 radical (unpaired) electrons. The maximum absolute atomic E-state index is 12.9. The fraction of sp³-hybridized carbons (Fsp3) is 0.956. The summed E-state index contributed by atoms with van der Waals surface area (Å²) in [5.74, 6) is 0.927. The van der Waals surface area contributed by atoms with E-state index in [0.29, 0.717) is 19.3 Å². The van der Waals surface area contributed by atoms with Crippen molar-refractivity contribution in [2.75, 3.05) is 13.2 Å². The van der Waals surface area contributed by atoms with Gasteiger partial charge in [-0.3, -0.25) is 14.4 Å². The first-order chi connectivity index (χ1) is 36.3. The van der Waals surface area contributed by atoms with E-state index in [1.165, 1.54) is 276 Å². The van der Waals surface area contributed by atoms with Gasteiger partial charge in [-0.1, -0.05) is 349 Å². The molecule has 0 heterocycles. The quantitative estimate of drug-likeness (QED) is 0.0343. The lowest BCUT2D eigenvalue weighted by Crippen LogP contribution is -2.30. The summed E-state index contributed by atoms with van der Waals surface area (Å²) in [5.41, 5.74) is 0. The summed E-state index contributed by atoms with van der Waals surface area (Å²) in [7, 11) is 0. The zero-order chi connectivity index (χ0) is 53.9. The molecule has 0 N–H and O–H groups in total. The minimum atomic E-state index is -0.764. The molecule has 0 saturated carbocycles. The van der Waals surface area contributed by atoms with Gasteiger partial charge in [0.1, 0.15) is 13.2 Å². The van der Waals surface area contributed by atoms with Gasteiger partial charge in [-0.2, -0.15) is 0 Å². The molecule has 0 rings (SSSR count). The van der Waals surface area contributed by atoms with E-state index >= 15 is 0 Å². The maximum atomic E-state index is 12.9. The van der Waals surface area contributed by atoms with Crippen LogP contribution in [-0.2, 0) is 28.6 Å². The van der Waals surface area contributed by atoms with Crippen LogP contribution in [0.5, 0.6) is 0 Å². The van der Waals surface area contributed by atoms with E-state index in [9.17, 15) is 14.4 Å². The largest absolute Gasteiger partial charge is 0.462 e. The molecule has 440 valence electrons. The van der Waals surface area contributed by atoms with Crippen LogP contribution in [-0.4, -0.2) is 37.2 Å². The van der Waals surface area contributed by atoms with E-state index < -0.39 is 6.10 Å². The fourth-order valence-corrected chi connectivity index (χ4v) is 10.6. The molecule has 0 aromatic heterocycles. The van der Waals surface area contributed by atoms with Crippen LogP contribution in [0.4, 0.5) is 0 Å². The average molecular weight is 1050 g/mol. The summed E-state index contributed by atoms with van der Waals surface area (Å²) in [5, 5.41) is 0. The molecule has 6 nitrogen and oxygen atoms in total. The third-order valence-corrected chi connectivity index (χ3v) is 16.1. The first-order valence-corrected chi connectivity index (χ1v) is 33.8. The van der Waals surface area contributed by atoms with Crippen molar-refractivity contribution < 1.29 is 28.6 Å². The molecule has 0 aliphatic heterocycles. The number of hydrogen-bond acceptors (Lipinski definition) is 6. The van der Waals surface area contributed by atoms with Crippen molar-refractivity contribution in [1.29, 1.82) is 0 Å². The van der Waals surface area contributed by atoms with Crippen LogP contribution in [0, 0.1) is 11.8 Å². The van der Waals surface area contributed by atoms with Gasteiger partial charge in [0.2, 0.25) is 0 Å². The van der Waals surface area contributed by atoms with Gasteiger partial charge < -0.3 is 14.2 Å². The highest BCUT2D eigenvalue weighted by atomic mass is 16.6. The highest BCUT2D eigenvalue weighted by Gasteiger charge is 2.20. The summed E-state index contributed by atoms with van der Waals surface area (Å²) in [4.78, 5) is 38.4. The second-order valence-electron chi connectivity index (χ2n) is 24.2. The molecule has 74 heavy (non-hydrogen) atoms. The van der Waals surface area contributed by atoms with Gasteiger partial charge in [0, 0.05) is 19.3 Å². The Kier molecular flexibility index (Phi) is 59.3. The predicted octanol–water partition coefficient (Wildman–Crippen LogP) is 22.8. The Hall–Kier alpha value is -1.59. The number of rotatable bonds is 62. The Morgan fingerprint density at radius 3 is 0.770 bits per heavy atom.